The number of halogens is 2. The first-order valence-electron chi connectivity index (χ1n) is 7.80. The fourth-order valence-electron chi connectivity index (χ4n) is 2.67. The largest absolute Gasteiger partial charge is 0.497 e. The molecule has 0 aliphatic rings. The van der Waals surface area contributed by atoms with Gasteiger partial charge < -0.3 is 15.0 Å². The van der Waals surface area contributed by atoms with E-state index in [2.05, 4.69) is 20.3 Å². The highest BCUT2D eigenvalue weighted by atomic mass is 35.5. The molecular weight excluding hydrogens is 391 g/mol. The predicted molar refractivity (Wildman–Crippen MR) is 107 cm³/mol. The summed E-state index contributed by atoms with van der Waals surface area (Å²) in [5.41, 5.74) is 2.78. The molecule has 3 heterocycles. The Morgan fingerprint density at radius 1 is 1.27 bits per heavy atom. The third-order valence-corrected chi connectivity index (χ3v) is 5.51. The average Bonchev–Trinajstić information content (AvgIpc) is 3.19. The SMILES string of the molecule is COc1cccc(Nc2nc(Cl)c(Cc3c[nH]c4ncc(Cl)cc34)s2)c1. The van der Waals surface area contributed by atoms with Gasteiger partial charge in [-0.05, 0) is 23.8 Å². The van der Waals surface area contributed by atoms with Gasteiger partial charge in [0.2, 0.25) is 0 Å². The van der Waals surface area contributed by atoms with Crippen molar-refractivity contribution in [3.63, 3.8) is 0 Å². The molecule has 0 fully saturated rings. The number of pyridine rings is 1. The molecule has 0 saturated carbocycles. The maximum Gasteiger partial charge on any atom is 0.188 e. The smallest absolute Gasteiger partial charge is 0.188 e. The zero-order valence-corrected chi connectivity index (χ0v) is 16.0. The van der Waals surface area contributed by atoms with Crippen molar-refractivity contribution >= 4 is 56.4 Å². The number of rotatable bonds is 5. The van der Waals surface area contributed by atoms with Gasteiger partial charge in [0, 0.05) is 36.0 Å². The van der Waals surface area contributed by atoms with E-state index < -0.39 is 0 Å². The molecule has 0 aliphatic carbocycles. The summed E-state index contributed by atoms with van der Waals surface area (Å²) in [6.07, 6.45) is 4.21. The molecule has 0 spiro atoms. The van der Waals surface area contributed by atoms with Gasteiger partial charge in [0.25, 0.3) is 0 Å². The topological polar surface area (TPSA) is 62.8 Å². The third kappa shape index (κ3) is 3.49. The van der Waals surface area contributed by atoms with Gasteiger partial charge in [-0.3, -0.25) is 0 Å². The number of nitrogens with zero attached hydrogens (tertiary/aromatic N) is 2. The molecule has 4 rings (SSSR count). The van der Waals surface area contributed by atoms with Gasteiger partial charge in [0.1, 0.15) is 16.5 Å². The first kappa shape index (κ1) is 17.1. The molecule has 0 amide bonds. The lowest BCUT2D eigenvalue weighted by atomic mass is 10.1. The summed E-state index contributed by atoms with van der Waals surface area (Å²) in [5, 5.41) is 6.08. The Morgan fingerprint density at radius 2 is 2.15 bits per heavy atom. The number of ether oxygens (including phenoxy) is 1. The second kappa shape index (κ2) is 7.15. The van der Waals surface area contributed by atoms with Gasteiger partial charge in [-0.2, -0.15) is 0 Å². The van der Waals surface area contributed by atoms with Crippen LogP contribution in [0.25, 0.3) is 11.0 Å². The van der Waals surface area contributed by atoms with Crippen molar-refractivity contribution in [3.8, 4) is 5.75 Å². The number of hydrogen-bond donors (Lipinski definition) is 2. The zero-order valence-electron chi connectivity index (χ0n) is 13.7. The van der Waals surface area contributed by atoms with E-state index >= 15 is 0 Å². The van der Waals surface area contributed by atoms with E-state index in [9.17, 15) is 0 Å². The minimum absolute atomic E-state index is 0.490. The van der Waals surface area contributed by atoms with Crippen LogP contribution < -0.4 is 10.1 Å². The maximum atomic E-state index is 6.35. The van der Waals surface area contributed by atoms with Gasteiger partial charge in [-0.1, -0.05) is 40.6 Å². The summed E-state index contributed by atoms with van der Waals surface area (Å²) in [5.74, 6) is 0.779. The molecule has 132 valence electrons. The van der Waals surface area contributed by atoms with Crippen LogP contribution in [-0.2, 0) is 6.42 Å². The Labute approximate surface area is 164 Å². The van der Waals surface area contributed by atoms with Gasteiger partial charge in [0.05, 0.1) is 17.0 Å². The highest BCUT2D eigenvalue weighted by molar-refractivity contribution is 7.16. The van der Waals surface area contributed by atoms with Crippen molar-refractivity contribution in [3.05, 3.63) is 63.3 Å². The first-order chi connectivity index (χ1) is 12.6. The maximum absolute atomic E-state index is 6.35. The summed E-state index contributed by atoms with van der Waals surface area (Å²) < 4.78 is 5.24. The van der Waals surface area contributed by atoms with Crippen LogP contribution in [0.15, 0.2) is 42.7 Å². The number of H-pyrrole nitrogens is 1. The van der Waals surface area contributed by atoms with Gasteiger partial charge >= 0.3 is 0 Å². The van der Waals surface area contributed by atoms with Crippen LogP contribution in [0.4, 0.5) is 10.8 Å². The molecular formula is C18H14Cl2N4OS. The van der Waals surface area contributed by atoms with E-state index in [0.717, 1.165) is 38.0 Å². The summed E-state index contributed by atoms with van der Waals surface area (Å²) in [7, 11) is 1.64. The lowest BCUT2D eigenvalue weighted by Gasteiger charge is -2.04. The van der Waals surface area contributed by atoms with E-state index in [4.69, 9.17) is 27.9 Å². The van der Waals surface area contributed by atoms with Crippen LogP contribution in [0.5, 0.6) is 5.75 Å². The number of methoxy groups -OCH3 is 1. The zero-order chi connectivity index (χ0) is 18.1. The minimum atomic E-state index is 0.490. The Kier molecular flexibility index (Phi) is 4.72. The number of thiazole rings is 1. The van der Waals surface area contributed by atoms with Crippen molar-refractivity contribution in [2.75, 3.05) is 12.4 Å². The summed E-state index contributed by atoms with van der Waals surface area (Å²) in [4.78, 5) is 12.8. The molecule has 4 aromatic rings. The van der Waals surface area contributed by atoms with Crippen molar-refractivity contribution in [2.45, 2.75) is 6.42 Å². The predicted octanol–water partition coefficient (Wildman–Crippen LogP) is 5.67. The number of hydrogen-bond acceptors (Lipinski definition) is 5. The lowest BCUT2D eigenvalue weighted by Crippen LogP contribution is -1.90. The number of anilines is 2. The Balaban J connectivity index is 1.59. The number of aromatic amines is 1. The normalized spacial score (nSPS) is 11.0. The second-order valence-electron chi connectivity index (χ2n) is 5.63. The van der Waals surface area contributed by atoms with Crippen LogP contribution in [-0.4, -0.2) is 22.1 Å². The number of aromatic nitrogens is 3. The molecule has 5 nitrogen and oxygen atoms in total. The van der Waals surface area contributed by atoms with Gasteiger partial charge in [0.15, 0.2) is 5.13 Å². The fraction of sp³-hybridized carbons (Fsp3) is 0.111. The van der Waals surface area contributed by atoms with Crippen molar-refractivity contribution in [1.82, 2.24) is 15.0 Å². The van der Waals surface area contributed by atoms with E-state index in [-0.39, 0.29) is 0 Å². The molecule has 0 unspecified atom stereocenters. The van der Waals surface area contributed by atoms with Crippen molar-refractivity contribution in [2.24, 2.45) is 0 Å². The van der Waals surface area contributed by atoms with E-state index in [1.165, 1.54) is 11.3 Å². The second-order valence-corrected chi connectivity index (χ2v) is 7.51. The van der Waals surface area contributed by atoms with Crippen molar-refractivity contribution in [1.29, 1.82) is 0 Å². The van der Waals surface area contributed by atoms with Crippen LogP contribution >= 0.6 is 34.5 Å². The standard InChI is InChI=1S/C18H14Cl2N4OS/c1-25-13-4-2-3-12(7-13)23-18-24-16(20)15(26-18)5-10-8-21-17-14(10)6-11(19)9-22-17/h2-4,6-9H,5H2,1H3,(H,21,22)(H,23,24). The van der Waals surface area contributed by atoms with Crippen LogP contribution in [0, 0.1) is 0 Å². The first-order valence-corrected chi connectivity index (χ1v) is 9.37. The number of fused-ring (bicyclic) bond motifs is 1. The number of benzene rings is 1. The van der Waals surface area contributed by atoms with E-state index in [0.29, 0.717) is 16.6 Å². The molecule has 0 bridgehead atoms. The monoisotopic (exact) mass is 404 g/mol. The van der Waals surface area contributed by atoms with E-state index in [1.54, 1.807) is 13.3 Å². The molecule has 1 aromatic carbocycles. The Bertz CT molecular complexity index is 1080. The van der Waals surface area contributed by atoms with E-state index in [1.807, 2.05) is 36.5 Å². The fourth-order valence-corrected chi connectivity index (χ4v) is 4.04. The average molecular weight is 405 g/mol. The van der Waals surface area contributed by atoms with Crippen LogP contribution in [0.1, 0.15) is 10.4 Å². The quantitative estimate of drug-likeness (QED) is 0.449. The third-order valence-electron chi connectivity index (χ3n) is 3.91. The minimum Gasteiger partial charge on any atom is -0.497 e. The molecule has 0 radical (unpaired) electrons. The highest BCUT2D eigenvalue weighted by Crippen LogP contribution is 2.33. The summed E-state index contributed by atoms with van der Waals surface area (Å²) >= 11 is 13.9. The molecule has 26 heavy (non-hydrogen) atoms. The van der Waals surface area contributed by atoms with Crippen LogP contribution in [0.2, 0.25) is 10.2 Å². The lowest BCUT2D eigenvalue weighted by molar-refractivity contribution is 0.415. The molecule has 3 aromatic heterocycles. The van der Waals surface area contributed by atoms with Crippen LogP contribution in [0.3, 0.4) is 0 Å². The molecule has 8 heteroatoms. The summed E-state index contributed by atoms with van der Waals surface area (Å²) in [6.45, 7) is 0. The Morgan fingerprint density at radius 3 is 3.00 bits per heavy atom. The summed E-state index contributed by atoms with van der Waals surface area (Å²) in [6, 6.07) is 9.56. The molecule has 0 saturated heterocycles. The van der Waals surface area contributed by atoms with Gasteiger partial charge in [-0.25, -0.2) is 9.97 Å². The number of nitrogens with one attached hydrogen (secondary N) is 2. The highest BCUT2D eigenvalue weighted by Gasteiger charge is 2.13. The van der Waals surface area contributed by atoms with Gasteiger partial charge in [-0.15, -0.1) is 0 Å². The van der Waals surface area contributed by atoms with Crippen molar-refractivity contribution < 1.29 is 4.74 Å². The Hall–Kier alpha value is -2.28. The molecule has 0 aliphatic heterocycles. The molecule has 0 atom stereocenters. The molecule has 2 N–H and O–H groups in total.